The van der Waals surface area contributed by atoms with Crippen molar-refractivity contribution in [2.24, 2.45) is 0 Å². The molecule has 24 heavy (non-hydrogen) atoms. The van der Waals surface area contributed by atoms with Crippen LogP contribution in [0.2, 0.25) is 0 Å². The fourth-order valence-electron chi connectivity index (χ4n) is 3.09. The van der Waals surface area contributed by atoms with Gasteiger partial charge in [-0.25, -0.2) is 0 Å². The molecule has 1 aliphatic heterocycles. The number of hydrogen-bond acceptors (Lipinski definition) is 5. The zero-order chi connectivity index (χ0) is 17.4. The predicted molar refractivity (Wildman–Crippen MR) is 96.8 cm³/mol. The molecule has 0 amide bonds. The molecule has 1 unspecified atom stereocenters. The van der Waals surface area contributed by atoms with E-state index in [1.807, 2.05) is 32.0 Å². The summed E-state index contributed by atoms with van der Waals surface area (Å²) in [5.74, 6) is 0.940. The first-order chi connectivity index (χ1) is 11.6. The average molecular weight is 336 g/mol. The lowest BCUT2D eigenvalue weighted by molar-refractivity contribution is 0.000301. The normalized spacial score (nSPS) is 17.8. The zero-order valence-corrected chi connectivity index (χ0v) is 15.3. The Morgan fingerprint density at radius 3 is 2.29 bits per heavy atom. The Kier molecular flexibility index (Phi) is 7.99. The molecule has 0 aromatic heterocycles. The van der Waals surface area contributed by atoms with Crippen LogP contribution in [0, 0.1) is 13.8 Å². The van der Waals surface area contributed by atoms with Crippen LogP contribution in [0.15, 0.2) is 18.2 Å². The third-order valence-electron chi connectivity index (χ3n) is 4.57. The average Bonchev–Trinajstić information content (AvgIpc) is 2.57. The Balaban J connectivity index is 1.57. The molecule has 5 nitrogen and oxygen atoms in total. The lowest BCUT2D eigenvalue weighted by atomic mass is 10.1. The number of aryl methyl sites for hydroxylation is 2. The number of likely N-dealkylation sites (N-methyl/N-ethyl adjacent to an activating group) is 1. The van der Waals surface area contributed by atoms with Crippen molar-refractivity contribution in [3.63, 3.8) is 0 Å². The van der Waals surface area contributed by atoms with Gasteiger partial charge in [-0.1, -0.05) is 25.1 Å². The van der Waals surface area contributed by atoms with Crippen molar-refractivity contribution in [1.29, 1.82) is 0 Å². The van der Waals surface area contributed by atoms with Crippen molar-refractivity contribution >= 4 is 0 Å². The van der Waals surface area contributed by atoms with Gasteiger partial charge in [-0.2, -0.15) is 0 Å². The van der Waals surface area contributed by atoms with E-state index in [1.54, 1.807) is 0 Å². The van der Waals surface area contributed by atoms with Crippen LogP contribution >= 0.6 is 0 Å². The van der Waals surface area contributed by atoms with E-state index < -0.39 is 6.10 Å². The molecular formula is C19H32N2O3. The predicted octanol–water partition coefficient (Wildman–Crippen LogP) is 1.70. The van der Waals surface area contributed by atoms with E-state index in [9.17, 15) is 5.11 Å². The number of nitrogens with zero attached hydrogens (tertiary/aromatic N) is 2. The molecule has 1 aromatic carbocycles. The minimum atomic E-state index is -0.432. The Bertz CT molecular complexity index is 467. The van der Waals surface area contributed by atoms with E-state index in [1.165, 1.54) is 0 Å². The van der Waals surface area contributed by atoms with Gasteiger partial charge in [0.2, 0.25) is 0 Å². The number of piperazine rings is 1. The molecule has 136 valence electrons. The highest BCUT2D eigenvalue weighted by atomic mass is 16.5. The number of aliphatic hydroxyl groups is 1. The third kappa shape index (κ3) is 6.06. The summed E-state index contributed by atoms with van der Waals surface area (Å²) in [6.07, 6.45) is -0.432. The molecule has 5 heteroatoms. The van der Waals surface area contributed by atoms with Crippen molar-refractivity contribution in [1.82, 2.24) is 9.80 Å². The van der Waals surface area contributed by atoms with Crippen LogP contribution in [-0.2, 0) is 4.74 Å². The highest BCUT2D eigenvalue weighted by molar-refractivity contribution is 5.39. The third-order valence-corrected chi connectivity index (χ3v) is 4.57. The zero-order valence-electron chi connectivity index (χ0n) is 15.3. The van der Waals surface area contributed by atoms with Gasteiger partial charge in [0, 0.05) is 32.7 Å². The maximum atomic E-state index is 10.1. The van der Waals surface area contributed by atoms with Crippen molar-refractivity contribution in [3.05, 3.63) is 29.3 Å². The number of ether oxygens (including phenoxy) is 2. The lowest BCUT2D eigenvalue weighted by Crippen LogP contribution is -2.48. The van der Waals surface area contributed by atoms with E-state index in [0.717, 1.165) is 49.6 Å². The summed E-state index contributed by atoms with van der Waals surface area (Å²) in [5.41, 5.74) is 2.28. The minimum absolute atomic E-state index is 0.365. The second-order valence-electron chi connectivity index (χ2n) is 6.53. The van der Waals surface area contributed by atoms with Gasteiger partial charge in [-0.05, 0) is 31.5 Å². The first kappa shape index (κ1) is 19.2. The van der Waals surface area contributed by atoms with Crippen molar-refractivity contribution < 1.29 is 14.6 Å². The molecule has 0 bridgehead atoms. The quantitative estimate of drug-likeness (QED) is 0.696. The summed E-state index contributed by atoms with van der Waals surface area (Å²) in [7, 11) is 0. The van der Waals surface area contributed by atoms with Crippen LogP contribution in [0.3, 0.4) is 0 Å². The summed E-state index contributed by atoms with van der Waals surface area (Å²) >= 11 is 0. The van der Waals surface area contributed by atoms with Gasteiger partial charge < -0.3 is 19.5 Å². The smallest absolute Gasteiger partial charge is 0.125 e. The molecule has 0 aliphatic carbocycles. The van der Waals surface area contributed by atoms with Gasteiger partial charge in [0.05, 0.1) is 19.3 Å². The molecular weight excluding hydrogens is 304 g/mol. The van der Waals surface area contributed by atoms with Gasteiger partial charge in [0.1, 0.15) is 12.4 Å². The van der Waals surface area contributed by atoms with Gasteiger partial charge >= 0.3 is 0 Å². The Morgan fingerprint density at radius 2 is 1.67 bits per heavy atom. The highest BCUT2D eigenvalue weighted by Crippen LogP contribution is 2.21. The van der Waals surface area contributed by atoms with Crippen LogP contribution in [0.4, 0.5) is 0 Å². The van der Waals surface area contributed by atoms with Crippen LogP contribution in [-0.4, -0.2) is 80.1 Å². The number of benzene rings is 1. The topological polar surface area (TPSA) is 45.2 Å². The highest BCUT2D eigenvalue weighted by Gasteiger charge is 2.18. The molecule has 1 aromatic rings. The molecule has 0 radical (unpaired) electrons. The first-order valence-corrected chi connectivity index (χ1v) is 8.99. The minimum Gasteiger partial charge on any atom is -0.491 e. The maximum Gasteiger partial charge on any atom is 0.125 e. The van der Waals surface area contributed by atoms with E-state index in [4.69, 9.17) is 9.47 Å². The second kappa shape index (κ2) is 9.99. The molecule has 1 aliphatic rings. The van der Waals surface area contributed by atoms with Gasteiger partial charge in [-0.3, -0.25) is 4.90 Å². The molecule has 1 atom stereocenters. The van der Waals surface area contributed by atoms with Crippen LogP contribution in [0.1, 0.15) is 18.1 Å². The number of aliphatic hydroxyl groups excluding tert-OH is 1. The van der Waals surface area contributed by atoms with E-state index in [0.29, 0.717) is 26.4 Å². The molecule has 1 N–H and O–H groups in total. The first-order valence-electron chi connectivity index (χ1n) is 8.99. The number of rotatable bonds is 9. The van der Waals surface area contributed by atoms with E-state index >= 15 is 0 Å². The molecule has 2 rings (SSSR count). The van der Waals surface area contributed by atoms with E-state index in [2.05, 4.69) is 16.7 Å². The Labute approximate surface area is 146 Å². The van der Waals surface area contributed by atoms with Crippen molar-refractivity contribution in [2.45, 2.75) is 26.9 Å². The number of para-hydroxylation sites is 1. The van der Waals surface area contributed by atoms with Gasteiger partial charge in [0.25, 0.3) is 0 Å². The molecule has 1 heterocycles. The number of β-amino-alcohol motifs (C(OH)–C–C–N with tert-alkyl or cyclic N) is 1. The summed E-state index contributed by atoms with van der Waals surface area (Å²) in [5, 5.41) is 10.1. The largest absolute Gasteiger partial charge is 0.491 e. The van der Waals surface area contributed by atoms with Gasteiger partial charge in [-0.15, -0.1) is 0 Å². The molecule has 0 spiro atoms. The molecule has 0 saturated carbocycles. The fraction of sp³-hybridized carbons (Fsp3) is 0.684. The maximum absolute atomic E-state index is 10.1. The van der Waals surface area contributed by atoms with Crippen LogP contribution in [0.5, 0.6) is 5.75 Å². The van der Waals surface area contributed by atoms with Gasteiger partial charge in [0.15, 0.2) is 0 Å². The summed E-state index contributed by atoms with van der Waals surface area (Å²) < 4.78 is 11.4. The number of hydrogen-bond donors (Lipinski definition) is 1. The molecule has 1 fully saturated rings. The van der Waals surface area contributed by atoms with Crippen molar-refractivity contribution in [3.8, 4) is 5.75 Å². The van der Waals surface area contributed by atoms with Crippen molar-refractivity contribution in [2.75, 3.05) is 59.1 Å². The summed E-state index contributed by atoms with van der Waals surface area (Å²) in [4.78, 5) is 4.75. The Morgan fingerprint density at radius 1 is 1.04 bits per heavy atom. The summed E-state index contributed by atoms with van der Waals surface area (Å²) in [6.45, 7) is 13.7. The lowest BCUT2D eigenvalue weighted by Gasteiger charge is -2.34. The SMILES string of the molecule is CCN1CCN(CC(O)COCCOc2c(C)cccc2C)CC1. The monoisotopic (exact) mass is 336 g/mol. The molecule has 1 saturated heterocycles. The van der Waals surface area contributed by atoms with E-state index in [-0.39, 0.29) is 0 Å². The summed E-state index contributed by atoms with van der Waals surface area (Å²) in [6, 6.07) is 6.13. The van der Waals surface area contributed by atoms with Crippen LogP contribution < -0.4 is 4.74 Å². The standard InChI is InChI=1S/C19H32N2O3/c1-4-20-8-10-21(11-9-20)14-18(22)15-23-12-13-24-19-16(2)6-5-7-17(19)3/h5-7,18,22H,4,8-15H2,1-3H3. The second-order valence-corrected chi connectivity index (χ2v) is 6.53. The fourth-order valence-corrected chi connectivity index (χ4v) is 3.09. The Hall–Kier alpha value is -1.14. The van der Waals surface area contributed by atoms with Crippen LogP contribution in [0.25, 0.3) is 0 Å².